The number of hydrogen-bond donors (Lipinski definition) is 0. The Kier molecular flexibility index (Phi) is 4.26. The van der Waals surface area contributed by atoms with Crippen molar-refractivity contribution in [1.29, 1.82) is 0 Å². The SMILES string of the molecule is Cc1ccccc1-n1c(=O)c2sccc2n(Cc2cccc(Cl)c2)c1=O. The van der Waals surface area contributed by atoms with Crippen molar-refractivity contribution in [3.8, 4) is 5.69 Å². The molecule has 0 aliphatic carbocycles. The monoisotopic (exact) mass is 382 g/mol. The molecule has 2 aromatic carbocycles. The second-order valence-electron chi connectivity index (χ2n) is 6.06. The second-order valence-corrected chi connectivity index (χ2v) is 7.41. The van der Waals surface area contributed by atoms with Crippen LogP contribution in [0.2, 0.25) is 5.02 Å². The molecule has 2 heterocycles. The highest BCUT2D eigenvalue weighted by Crippen LogP contribution is 2.19. The fourth-order valence-corrected chi connectivity index (χ4v) is 4.12. The molecule has 4 rings (SSSR count). The molecule has 0 fully saturated rings. The topological polar surface area (TPSA) is 44.0 Å². The van der Waals surface area contributed by atoms with Crippen molar-refractivity contribution < 1.29 is 0 Å². The van der Waals surface area contributed by atoms with Crippen molar-refractivity contribution in [2.24, 2.45) is 0 Å². The highest BCUT2D eigenvalue weighted by atomic mass is 35.5. The first-order valence-electron chi connectivity index (χ1n) is 8.10. The van der Waals surface area contributed by atoms with E-state index in [4.69, 9.17) is 11.6 Å². The van der Waals surface area contributed by atoms with Crippen LogP contribution >= 0.6 is 22.9 Å². The molecule has 6 heteroatoms. The maximum absolute atomic E-state index is 13.2. The van der Waals surface area contributed by atoms with Gasteiger partial charge in [0.15, 0.2) is 0 Å². The highest BCUT2D eigenvalue weighted by molar-refractivity contribution is 7.17. The fourth-order valence-electron chi connectivity index (χ4n) is 3.08. The summed E-state index contributed by atoms with van der Waals surface area (Å²) in [7, 11) is 0. The summed E-state index contributed by atoms with van der Waals surface area (Å²) in [5, 5.41) is 2.45. The molecule has 0 unspecified atom stereocenters. The molecule has 0 spiro atoms. The van der Waals surface area contributed by atoms with Gasteiger partial charge >= 0.3 is 5.69 Å². The van der Waals surface area contributed by atoms with Gasteiger partial charge in [-0.2, -0.15) is 0 Å². The van der Waals surface area contributed by atoms with E-state index in [0.29, 0.717) is 27.5 Å². The number of thiophene rings is 1. The van der Waals surface area contributed by atoms with Crippen LogP contribution in [0, 0.1) is 6.92 Å². The Balaban J connectivity index is 2.02. The predicted octanol–water partition coefficient (Wildman–Crippen LogP) is 4.22. The smallest absolute Gasteiger partial charge is 0.288 e. The van der Waals surface area contributed by atoms with Crippen LogP contribution in [0.15, 0.2) is 69.6 Å². The summed E-state index contributed by atoms with van der Waals surface area (Å²) in [4.78, 5) is 26.2. The van der Waals surface area contributed by atoms with E-state index in [1.807, 2.05) is 54.8 Å². The summed E-state index contributed by atoms with van der Waals surface area (Å²) in [6, 6.07) is 16.6. The van der Waals surface area contributed by atoms with Gasteiger partial charge in [0.1, 0.15) is 4.70 Å². The number of hydrogen-bond acceptors (Lipinski definition) is 3. The maximum Gasteiger partial charge on any atom is 0.336 e. The zero-order valence-electron chi connectivity index (χ0n) is 14.0. The first-order chi connectivity index (χ1) is 12.6. The number of para-hydroxylation sites is 1. The van der Waals surface area contributed by atoms with Crippen LogP contribution in [0.1, 0.15) is 11.1 Å². The van der Waals surface area contributed by atoms with Crippen molar-refractivity contribution in [3.05, 3.63) is 97.0 Å². The second kappa shape index (κ2) is 6.59. The highest BCUT2D eigenvalue weighted by Gasteiger charge is 2.16. The molecule has 2 aromatic heterocycles. The summed E-state index contributed by atoms with van der Waals surface area (Å²) in [6.45, 7) is 2.24. The van der Waals surface area contributed by atoms with E-state index in [2.05, 4.69) is 0 Å². The average molecular weight is 383 g/mol. The summed E-state index contributed by atoms with van der Waals surface area (Å²) in [5.41, 5.74) is 2.40. The van der Waals surface area contributed by atoms with E-state index in [0.717, 1.165) is 11.1 Å². The Morgan fingerprint density at radius 1 is 1.04 bits per heavy atom. The molecule has 0 amide bonds. The molecule has 4 nitrogen and oxygen atoms in total. The van der Waals surface area contributed by atoms with Crippen LogP contribution in [0.25, 0.3) is 15.9 Å². The Labute approximate surface area is 158 Å². The normalized spacial score (nSPS) is 11.2. The largest absolute Gasteiger partial charge is 0.336 e. The fraction of sp³-hybridized carbons (Fsp3) is 0.100. The molecule has 0 atom stereocenters. The third kappa shape index (κ3) is 2.79. The van der Waals surface area contributed by atoms with Crippen LogP contribution in [0.4, 0.5) is 0 Å². The number of halogens is 1. The predicted molar refractivity (Wildman–Crippen MR) is 107 cm³/mol. The van der Waals surface area contributed by atoms with Crippen molar-refractivity contribution >= 4 is 33.2 Å². The summed E-state index contributed by atoms with van der Waals surface area (Å²) in [5.74, 6) is 0. The summed E-state index contributed by atoms with van der Waals surface area (Å²) < 4.78 is 3.46. The van der Waals surface area contributed by atoms with Gasteiger partial charge in [0.2, 0.25) is 0 Å². The van der Waals surface area contributed by atoms with E-state index in [1.165, 1.54) is 15.9 Å². The molecule has 0 saturated carbocycles. The van der Waals surface area contributed by atoms with E-state index in [-0.39, 0.29) is 11.2 Å². The lowest BCUT2D eigenvalue weighted by atomic mass is 10.2. The average Bonchev–Trinajstić information content (AvgIpc) is 3.10. The Bertz CT molecular complexity index is 1240. The summed E-state index contributed by atoms with van der Waals surface area (Å²) in [6.07, 6.45) is 0. The van der Waals surface area contributed by atoms with Crippen LogP contribution in [-0.2, 0) is 6.54 Å². The number of fused-ring (bicyclic) bond motifs is 1. The molecule has 0 aliphatic heterocycles. The minimum Gasteiger partial charge on any atom is -0.288 e. The zero-order valence-corrected chi connectivity index (χ0v) is 15.6. The molecule has 0 N–H and O–H groups in total. The molecule has 130 valence electrons. The Morgan fingerprint density at radius 3 is 2.62 bits per heavy atom. The number of aryl methyl sites for hydroxylation is 1. The van der Waals surface area contributed by atoms with Gasteiger partial charge in [0, 0.05) is 5.02 Å². The molecule has 4 aromatic rings. The Hall–Kier alpha value is -2.63. The number of rotatable bonds is 3. The standard InChI is InChI=1S/C20H15ClN2O2S/c1-13-5-2-3-8-16(13)23-19(24)18-17(9-10-26-18)22(20(23)25)12-14-6-4-7-15(21)11-14/h2-11H,12H2,1H3. The van der Waals surface area contributed by atoms with Crippen molar-refractivity contribution in [3.63, 3.8) is 0 Å². The molecule has 0 aliphatic rings. The minimum atomic E-state index is -0.352. The van der Waals surface area contributed by atoms with Crippen molar-refractivity contribution in [1.82, 2.24) is 9.13 Å². The van der Waals surface area contributed by atoms with E-state index < -0.39 is 0 Å². The molecular formula is C20H15ClN2O2S. The maximum atomic E-state index is 13.2. The quantitative estimate of drug-likeness (QED) is 0.532. The lowest BCUT2D eigenvalue weighted by Gasteiger charge is -2.14. The van der Waals surface area contributed by atoms with Gasteiger partial charge in [0.25, 0.3) is 5.56 Å². The first-order valence-corrected chi connectivity index (χ1v) is 9.35. The van der Waals surface area contributed by atoms with Crippen LogP contribution in [-0.4, -0.2) is 9.13 Å². The van der Waals surface area contributed by atoms with Crippen LogP contribution < -0.4 is 11.2 Å². The molecule has 0 saturated heterocycles. The van der Waals surface area contributed by atoms with Crippen molar-refractivity contribution in [2.75, 3.05) is 0 Å². The van der Waals surface area contributed by atoms with Gasteiger partial charge in [0.05, 0.1) is 17.7 Å². The molecular weight excluding hydrogens is 368 g/mol. The number of aromatic nitrogens is 2. The zero-order chi connectivity index (χ0) is 18.3. The first kappa shape index (κ1) is 16.8. The third-order valence-electron chi connectivity index (χ3n) is 4.34. The van der Waals surface area contributed by atoms with Gasteiger partial charge in [-0.3, -0.25) is 9.36 Å². The van der Waals surface area contributed by atoms with Gasteiger partial charge < -0.3 is 0 Å². The molecule has 0 bridgehead atoms. The van der Waals surface area contributed by atoms with Crippen LogP contribution in [0.5, 0.6) is 0 Å². The molecule has 0 radical (unpaired) electrons. The minimum absolute atomic E-state index is 0.281. The van der Waals surface area contributed by atoms with Crippen LogP contribution in [0.3, 0.4) is 0 Å². The molecule has 26 heavy (non-hydrogen) atoms. The van der Waals surface area contributed by atoms with Gasteiger partial charge in [-0.05, 0) is 47.7 Å². The van der Waals surface area contributed by atoms with Crippen molar-refractivity contribution in [2.45, 2.75) is 13.5 Å². The summed E-state index contributed by atoms with van der Waals surface area (Å²) >= 11 is 7.43. The number of nitrogens with zero attached hydrogens (tertiary/aromatic N) is 2. The van der Waals surface area contributed by atoms with E-state index >= 15 is 0 Å². The Morgan fingerprint density at radius 2 is 1.85 bits per heavy atom. The van der Waals surface area contributed by atoms with Gasteiger partial charge in [-0.15, -0.1) is 11.3 Å². The number of benzene rings is 2. The van der Waals surface area contributed by atoms with Gasteiger partial charge in [-0.25, -0.2) is 9.36 Å². The van der Waals surface area contributed by atoms with Gasteiger partial charge in [-0.1, -0.05) is 41.9 Å². The third-order valence-corrected chi connectivity index (χ3v) is 5.47. The lowest BCUT2D eigenvalue weighted by molar-refractivity contribution is 0.715. The lowest BCUT2D eigenvalue weighted by Crippen LogP contribution is -2.39. The van der Waals surface area contributed by atoms with E-state index in [9.17, 15) is 9.59 Å². The van der Waals surface area contributed by atoms with E-state index in [1.54, 1.807) is 16.7 Å².